The second-order valence-corrected chi connectivity index (χ2v) is 7.90. The molecule has 0 heteroatoms. The van der Waals surface area contributed by atoms with E-state index in [0.29, 0.717) is 0 Å². The first-order valence-corrected chi connectivity index (χ1v) is 6.18. The first kappa shape index (κ1) is 15.5. The first-order valence-electron chi connectivity index (χ1n) is 6.18. The molecule has 0 radical (unpaired) electrons. The zero-order chi connectivity index (χ0) is 13.4. The van der Waals surface area contributed by atoms with Gasteiger partial charge in [-0.15, -0.1) is 0 Å². The topological polar surface area (TPSA) is 0 Å². The average molecular weight is 222 g/mol. The lowest BCUT2D eigenvalue weighted by Crippen LogP contribution is -2.21. The molecule has 0 nitrogen and oxygen atoms in total. The van der Waals surface area contributed by atoms with Gasteiger partial charge < -0.3 is 0 Å². The van der Waals surface area contributed by atoms with Crippen molar-refractivity contribution in [2.75, 3.05) is 0 Å². The Bertz CT molecular complexity index is 281. The molecule has 0 aliphatic carbocycles. The largest absolute Gasteiger partial charge is 0.0950 e. The Kier molecular flexibility index (Phi) is 4.25. The summed E-state index contributed by atoms with van der Waals surface area (Å²) in [5, 5.41) is 0. The van der Waals surface area contributed by atoms with E-state index < -0.39 is 0 Å². The summed E-state index contributed by atoms with van der Waals surface area (Å²) >= 11 is 0. The summed E-state index contributed by atoms with van der Waals surface area (Å²) in [6.45, 7) is 24.5. The Morgan fingerprint density at radius 1 is 0.750 bits per heavy atom. The molecule has 0 aliphatic heterocycles. The third-order valence-electron chi connectivity index (χ3n) is 2.62. The molecule has 94 valence electrons. The second kappa shape index (κ2) is 4.39. The van der Waals surface area contributed by atoms with Crippen molar-refractivity contribution < 1.29 is 0 Å². The van der Waals surface area contributed by atoms with Gasteiger partial charge in [-0.25, -0.2) is 0 Å². The van der Waals surface area contributed by atoms with Crippen molar-refractivity contribution in [3.05, 3.63) is 23.8 Å². The van der Waals surface area contributed by atoms with Crippen molar-refractivity contribution in [3.8, 4) is 0 Å². The third kappa shape index (κ3) is 5.01. The van der Waals surface area contributed by atoms with Crippen LogP contribution in [0.1, 0.15) is 62.3 Å². The van der Waals surface area contributed by atoms with Gasteiger partial charge in [0.15, 0.2) is 0 Å². The van der Waals surface area contributed by atoms with Gasteiger partial charge in [-0.05, 0) is 27.4 Å². The van der Waals surface area contributed by atoms with Crippen molar-refractivity contribution in [2.24, 2.45) is 16.2 Å². The van der Waals surface area contributed by atoms with Crippen LogP contribution in [0.3, 0.4) is 0 Å². The molecule has 0 aromatic carbocycles. The number of hydrogen-bond acceptors (Lipinski definition) is 0. The van der Waals surface area contributed by atoms with Crippen molar-refractivity contribution >= 4 is 0 Å². The van der Waals surface area contributed by atoms with Crippen LogP contribution < -0.4 is 0 Å². The van der Waals surface area contributed by atoms with Gasteiger partial charge in [0.25, 0.3) is 0 Å². The molecule has 0 aliphatic rings. The van der Waals surface area contributed by atoms with Crippen LogP contribution in [0.15, 0.2) is 23.8 Å². The van der Waals surface area contributed by atoms with E-state index in [1.54, 1.807) is 0 Å². The number of rotatable bonds is 1. The summed E-state index contributed by atoms with van der Waals surface area (Å²) in [4.78, 5) is 0. The summed E-state index contributed by atoms with van der Waals surface area (Å²) in [5.41, 5.74) is 3.17. The molecule has 0 fully saturated rings. The predicted octanol–water partition coefficient (Wildman–Crippen LogP) is 5.61. The lowest BCUT2D eigenvalue weighted by Gasteiger charge is -2.34. The van der Waals surface area contributed by atoms with Crippen LogP contribution in [-0.2, 0) is 0 Å². The van der Waals surface area contributed by atoms with E-state index in [9.17, 15) is 0 Å². The maximum Gasteiger partial charge on any atom is -0.0132 e. The molecule has 0 aromatic heterocycles. The highest BCUT2D eigenvalue weighted by atomic mass is 14.3. The lowest BCUT2D eigenvalue weighted by molar-refractivity contribution is 0.431. The molecule has 0 amide bonds. The minimum absolute atomic E-state index is 0.143. The van der Waals surface area contributed by atoms with Gasteiger partial charge in [0.2, 0.25) is 0 Å². The summed E-state index contributed by atoms with van der Waals surface area (Å²) in [5.74, 6) is 0. The van der Waals surface area contributed by atoms with E-state index in [4.69, 9.17) is 0 Å². The van der Waals surface area contributed by atoms with Gasteiger partial charge in [-0.1, -0.05) is 75.0 Å². The molecular formula is C16H30. The van der Waals surface area contributed by atoms with E-state index in [0.717, 1.165) is 0 Å². The maximum absolute atomic E-state index is 4.31. The van der Waals surface area contributed by atoms with E-state index in [2.05, 4.69) is 75.0 Å². The van der Waals surface area contributed by atoms with Crippen LogP contribution in [0.2, 0.25) is 0 Å². The van der Waals surface area contributed by atoms with E-state index >= 15 is 0 Å². The molecule has 0 bridgehead atoms. The predicted molar refractivity (Wildman–Crippen MR) is 75.6 cm³/mol. The normalized spacial score (nSPS) is 15.2. The van der Waals surface area contributed by atoms with Gasteiger partial charge in [0, 0.05) is 0 Å². The minimum atomic E-state index is 0.143. The quantitative estimate of drug-likeness (QED) is 0.506. The maximum atomic E-state index is 4.31. The molecule has 16 heavy (non-hydrogen) atoms. The Balaban J connectivity index is 5.48. The van der Waals surface area contributed by atoms with E-state index in [-0.39, 0.29) is 16.2 Å². The van der Waals surface area contributed by atoms with E-state index in [1.807, 2.05) is 0 Å². The minimum Gasteiger partial charge on any atom is -0.0950 e. The average Bonchev–Trinajstić information content (AvgIpc) is 1.93. The van der Waals surface area contributed by atoms with Crippen molar-refractivity contribution in [2.45, 2.75) is 62.3 Å². The standard InChI is InChI=1S/C16H30/c1-12(15(5,6)7)13(16(8,9)10)11-14(2,3)4/h11H,1H2,2-10H3/b13-11+. The van der Waals surface area contributed by atoms with Gasteiger partial charge in [-0.2, -0.15) is 0 Å². The van der Waals surface area contributed by atoms with Crippen molar-refractivity contribution in [3.63, 3.8) is 0 Å². The molecule has 0 atom stereocenters. The number of hydrogen-bond donors (Lipinski definition) is 0. The monoisotopic (exact) mass is 222 g/mol. The zero-order valence-corrected chi connectivity index (χ0v) is 12.8. The van der Waals surface area contributed by atoms with Gasteiger partial charge in [0.1, 0.15) is 0 Å². The lowest BCUT2D eigenvalue weighted by atomic mass is 9.71. The summed E-state index contributed by atoms with van der Waals surface area (Å²) in [7, 11) is 0. The molecule has 0 rings (SSSR count). The Hall–Kier alpha value is -0.520. The summed E-state index contributed by atoms with van der Waals surface area (Å²) < 4.78 is 0. The van der Waals surface area contributed by atoms with E-state index in [1.165, 1.54) is 11.1 Å². The Morgan fingerprint density at radius 3 is 1.31 bits per heavy atom. The fraction of sp³-hybridized carbons (Fsp3) is 0.750. The fourth-order valence-electron chi connectivity index (χ4n) is 1.59. The number of allylic oxidation sites excluding steroid dienone is 3. The molecule has 0 unspecified atom stereocenters. The highest BCUT2D eigenvalue weighted by Crippen LogP contribution is 2.41. The van der Waals surface area contributed by atoms with Gasteiger partial charge in [-0.3, -0.25) is 0 Å². The SMILES string of the molecule is C=C(/C(=C\C(C)(C)C)C(C)(C)C)C(C)(C)C. The highest BCUT2D eigenvalue weighted by molar-refractivity contribution is 5.37. The Labute approximate surface area is 103 Å². The van der Waals surface area contributed by atoms with Gasteiger partial charge in [0.05, 0.1) is 0 Å². The second-order valence-electron chi connectivity index (χ2n) is 7.90. The summed E-state index contributed by atoms with van der Waals surface area (Å²) in [6.07, 6.45) is 2.38. The summed E-state index contributed by atoms with van der Waals surface area (Å²) in [6, 6.07) is 0. The molecule has 0 heterocycles. The van der Waals surface area contributed by atoms with Crippen LogP contribution in [-0.4, -0.2) is 0 Å². The van der Waals surface area contributed by atoms with Crippen LogP contribution in [0.5, 0.6) is 0 Å². The third-order valence-corrected chi connectivity index (χ3v) is 2.62. The van der Waals surface area contributed by atoms with Crippen LogP contribution in [0.25, 0.3) is 0 Å². The zero-order valence-electron chi connectivity index (χ0n) is 12.8. The van der Waals surface area contributed by atoms with Crippen LogP contribution in [0.4, 0.5) is 0 Å². The highest BCUT2D eigenvalue weighted by Gasteiger charge is 2.27. The first-order chi connectivity index (χ1) is 6.75. The molecule has 0 aromatic rings. The molecule has 0 spiro atoms. The molecule has 0 N–H and O–H groups in total. The Morgan fingerprint density at radius 2 is 1.12 bits per heavy atom. The fourth-order valence-corrected chi connectivity index (χ4v) is 1.59. The smallest absolute Gasteiger partial charge is 0.0132 e. The van der Waals surface area contributed by atoms with Crippen molar-refractivity contribution in [1.29, 1.82) is 0 Å². The van der Waals surface area contributed by atoms with Gasteiger partial charge >= 0.3 is 0 Å². The molecular weight excluding hydrogens is 192 g/mol. The van der Waals surface area contributed by atoms with Crippen LogP contribution >= 0.6 is 0 Å². The molecule has 0 saturated carbocycles. The van der Waals surface area contributed by atoms with Crippen LogP contribution in [0, 0.1) is 16.2 Å². The van der Waals surface area contributed by atoms with Crippen molar-refractivity contribution in [1.82, 2.24) is 0 Å². The molecule has 0 saturated heterocycles.